The fourth-order valence-corrected chi connectivity index (χ4v) is 3.41. The van der Waals surface area contributed by atoms with Crippen molar-refractivity contribution in [2.75, 3.05) is 13.2 Å². The highest BCUT2D eigenvalue weighted by Gasteiger charge is 2.39. The van der Waals surface area contributed by atoms with Crippen molar-refractivity contribution in [2.45, 2.75) is 38.1 Å². The molecule has 2 aliphatic heterocycles. The van der Waals surface area contributed by atoms with E-state index in [1.807, 2.05) is 36.1 Å². The largest absolute Gasteiger partial charge is 0.492 e. The Balaban J connectivity index is 1.58. The van der Waals surface area contributed by atoms with Crippen molar-refractivity contribution >= 4 is 5.91 Å². The number of aryl methyl sites for hydroxylation is 1. The Bertz CT molecular complexity index is 727. The number of likely N-dealkylation sites (tertiary alicyclic amines) is 1. The third kappa shape index (κ3) is 2.38. The number of rotatable bonds is 3. The lowest BCUT2D eigenvalue weighted by atomic mass is 9.99. The summed E-state index contributed by atoms with van der Waals surface area (Å²) in [6, 6.07) is 7.67. The number of aromatic nitrogens is 2. The number of nitrogens with zero attached hydrogens (tertiary/aromatic N) is 3. The van der Waals surface area contributed by atoms with Gasteiger partial charge in [0.2, 0.25) is 11.8 Å². The van der Waals surface area contributed by atoms with Crippen molar-refractivity contribution in [3.8, 4) is 5.75 Å². The zero-order valence-electron chi connectivity index (χ0n) is 13.1. The predicted octanol–water partition coefficient (Wildman–Crippen LogP) is 2.47. The van der Waals surface area contributed by atoms with Crippen molar-refractivity contribution in [1.29, 1.82) is 0 Å². The normalized spacial score (nSPS) is 22.9. The molecule has 6 heteroatoms. The Morgan fingerprint density at radius 3 is 3.09 bits per heavy atom. The van der Waals surface area contributed by atoms with E-state index in [9.17, 15) is 4.79 Å². The number of fused-ring (bicyclic) bond motifs is 1. The summed E-state index contributed by atoms with van der Waals surface area (Å²) < 4.78 is 10.9. The van der Waals surface area contributed by atoms with Crippen molar-refractivity contribution in [3.05, 3.63) is 41.5 Å². The minimum absolute atomic E-state index is 0.0840. The zero-order valence-corrected chi connectivity index (χ0v) is 13.1. The molecule has 0 aliphatic carbocycles. The van der Waals surface area contributed by atoms with E-state index in [1.165, 1.54) is 0 Å². The van der Waals surface area contributed by atoms with E-state index in [2.05, 4.69) is 10.1 Å². The van der Waals surface area contributed by atoms with Gasteiger partial charge in [-0.1, -0.05) is 30.3 Å². The van der Waals surface area contributed by atoms with Gasteiger partial charge >= 0.3 is 0 Å². The molecular weight excluding hydrogens is 294 g/mol. The number of para-hydroxylation sites is 1. The molecule has 0 unspecified atom stereocenters. The van der Waals surface area contributed by atoms with Gasteiger partial charge in [0, 0.05) is 18.5 Å². The number of hydrogen-bond acceptors (Lipinski definition) is 5. The minimum atomic E-state index is -0.232. The maximum atomic E-state index is 13.0. The van der Waals surface area contributed by atoms with Gasteiger partial charge in [0.05, 0.1) is 6.04 Å². The fraction of sp³-hybridized carbons (Fsp3) is 0.471. The predicted molar refractivity (Wildman–Crippen MR) is 82.0 cm³/mol. The first-order valence-corrected chi connectivity index (χ1v) is 8.12. The smallest absolute Gasteiger partial charge is 0.234 e. The van der Waals surface area contributed by atoms with Crippen LogP contribution in [-0.2, 0) is 11.2 Å². The van der Waals surface area contributed by atoms with Crippen LogP contribution < -0.4 is 4.74 Å². The van der Waals surface area contributed by atoms with Gasteiger partial charge in [0.25, 0.3) is 0 Å². The molecule has 6 nitrogen and oxygen atoms in total. The zero-order chi connectivity index (χ0) is 15.8. The third-order valence-corrected chi connectivity index (χ3v) is 4.62. The number of benzene rings is 1. The first kappa shape index (κ1) is 14.2. The highest BCUT2D eigenvalue weighted by Crippen LogP contribution is 2.38. The second-order valence-corrected chi connectivity index (χ2v) is 5.99. The monoisotopic (exact) mass is 313 g/mol. The highest BCUT2D eigenvalue weighted by molar-refractivity contribution is 5.86. The number of ether oxygens (including phenoxy) is 1. The summed E-state index contributed by atoms with van der Waals surface area (Å²) in [6.45, 7) is 3.12. The van der Waals surface area contributed by atoms with Crippen LogP contribution in [0.2, 0.25) is 0 Å². The molecule has 2 atom stereocenters. The summed E-state index contributed by atoms with van der Waals surface area (Å²) in [4.78, 5) is 19.3. The second kappa shape index (κ2) is 5.68. The summed E-state index contributed by atoms with van der Waals surface area (Å²) in [7, 11) is 0. The van der Waals surface area contributed by atoms with Crippen molar-refractivity contribution in [1.82, 2.24) is 15.0 Å². The van der Waals surface area contributed by atoms with Crippen LogP contribution in [0.15, 0.2) is 28.8 Å². The van der Waals surface area contributed by atoms with Crippen LogP contribution in [0, 0.1) is 0 Å². The van der Waals surface area contributed by atoms with E-state index in [0.29, 0.717) is 24.7 Å². The summed E-state index contributed by atoms with van der Waals surface area (Å²) in [5.41, 5.74) is 0.977. The average molecular weight is 313 g/mol. The molecule has 1 aromatic heterocycles. The number of carbonyl (C=O) groups is 1. The topological polar surface area (TPSA) is 68.5 Å². The van der Waals surface area contributed by atoms with Gasteiger partial charge in [-0.05, 0) is 18.9 Å². The molecule has 1 amide bonds. The lowest BCUT2D eigenvalue weighted by Crippen LogP contribution is -2.35. The maximum Gasteiger partial charge on any atom is 0.234 e. The lowest BCUT2D eigenvalue weighted by Gasteiger charge is -2.25. The maximum absolute atomic E-state index is 13.0. The second-order valence-electron chi connectivity index (χ2n) is 5.99. The minimum Gasteiger partial charge on any atom is -0.492 e. The molecule has 23 heavy (non-hydrogen) atoms. The Kier molecular flexibility index (Phi) is 3.52. The molecule has 3 heterocycles. The Morgan fingerprint density at radius 1 is 1.39 bits per heavy atom. The van der Waals surface area contributed by atoms with Gasteiger partial charge < -0.3 is 14.2 Å². The van der Waals surface area contributed by atoms with Crippen molar-refractivity contribution in [3.63, 3.8) is 0 Å². The number of hydrogen-bond donors (Lipinski definition) is 0. The average Bonchev–Trinajstić information content (AvgIpc) is 3.31. The molecule has 0 radical (unpaired) electrons. The Labute approximate surface area is 134 Å². The molecule has 4 rings (SSSR count). The van der Waals surface area contributed by atoms with Gasteiger partial charge in [-0.2, -0.15) is 4.98 Å². The van der Waals surface area contributed by atoms with Crippen molar-refractivity contribution < 1.29 is 14.1 Å². The molecular formula is C17H19N3O3. The van der Waals surface area contributed by atoms with Crippen LogP contribution in [0.5, 0.6) is 5.75 Å². The molecule has 1 saturated heterocycles. The van der Waals surface area contributed by atoms with E-state index in [0.717, 1.165) is 30.7 Å². The first-order chi connectivity index (χ1) is 11.3. The first-order valence-electron chi connectivity index (χ1n) is 8.12. The lowest BCUT2D eigenvalue weighted by molar-refractivity contribution is -0.134. The SMILES string of the molecule is CCc1nc([C@H]2CCCN2C(=O)[C@H]2COc3ccccc32)no1. The van der Waals surface area contributed by atoms with E-state index in [1.54, 1.807) is 0 Å². The standard InChI is InChI=1S/C17H19N3O3/c1-2-15-18-16(19-23-15)13-7-5-9-20(13)17(21)12-10-22-14-8-4-3-6-11(12)14/h3-4,6,8,12-13H,2,5,7,9-10H2,1H3/t12-,13+/m0/s1. The molecule has 0 N–H and O–H groups in total. The van der Waals surface area contributed by atoms with Crippen LogP contribution in [-0.4, -0.2) is 34.1 Å². The van der Waals surface area contributed by atoms with E-state index >= 15 is 0 Å². The number of amides is 1. The number of carbonyl (C=O) groups excluding carboxylic acids is 1. The molecule has 120 valence electrons. The van der Waals surface area contributed by atoms with E-state index in [4.69, 9.17) is 9.26 Å². The molecule has 1 fully saturated rings. The highest BCUT2D eigenvalue weighted by atomic mass is 16.5. The van der Waals surface area contributed by atoms with Gasteiger partial charge in [-0.3, -0.25) is 4.79 Å². The molecule has 1 aromatic carbocycles. The summed E-state index contributed by atoms with van der Waals surface area (Å²) in [6.07, 6.45) is 2.54. The Morgan fingerprint density at radius 2 is 2.26 bits per heavy atom. The van der Waals surface area contributed by atoms with Crippen LogP contribution in [0.3, 0.4) is 0 Å². The van der Waals surface area contributed by atoms with Crippen molar-refractivity contribution in [2.24, 2.45) is 0 Å². The molecule has 0 saturated carbocycles. The molecule has 0 spiro atoms. The van der Waals surface area contributed by atoms with Crippen LogP contribution in [0.4, 0.5) is 0 Å². The van der Waals surface area contributed by atoms with Gasteiger partial charge in [0.1, 0.15) is 18.3 Å². The summed E-state index contributed by atoms with van der Waals surface area (Å²) >= 11 is 0. The Hall–Kier alpha value is -2.37. The van der Waals surface area contributed by atoms with Crippen LogP contribution in [0.1, 0.15) is 49.0 Å². The van der Waals surface area contributed by atoms with Gasteiger partial charge in [0.15, 0.2) is 5.82 Å². The molecule has 2 aliphatic rings. The summed E-state index contributed by atoms with van der Waals surface area (Å²) in [5, 5.41) is 4.06. The quantitative estimate of drug-likeness (QED) is 0.870. The third-order valence-electron chi connectivity index (χ3n) is 4.62. The van der Waals surface area contributed by atoms with E-state index in [-0.39, 0.29) is 17.9 Å². The van der Waals surface area contributed by atoms with Crippen LogP contribution >= 0.6 is 0 Å². The molecule has 2 aromatic rings. The van der Waals surface area contributed by atoms with Gasteiger partial charge in [-0.15, -0.1) is 0 Å². The van der Waals surface area contributed by atoms with Crippen LogP contribution in [0.25, 0.3) is 0 Å². The summed E-state index contributed by atoms with van der Waals surface area (Å²) in [5.74, 6) is 1.92. The van der Waals surface area contributed by atoms with Gasteiger partial charge in [-0.25, -0.2) is 0 Å². The fourth-order valence-electron chi connectivity index (χ4n) is 3.41. The van der Waals surface area contributed by atoms with E-state index < -0.39 is 0 Å². The molecule has 0 bridgehead atoms.